The molecule has 0 aliphatic carbocycles. The van der Waals surface area contributed by atoms with Crippen molar-refractivity contribution in [2.45, 2.75) is 20.3 Å². The summed E-state index contributed by atoms with van der Waals surface area (Å²) in [6.45, 7) is 4.44. The van der Waals surface area contributed by atoms with E-state index in [9.17, 15) is 9.59 Å². The monoisotopic (exact) mass is 442 g/mol. The maximum Gasteiger partial charge on any atom is 0.282 e. The number of nitrogens with one attached hydrogen (secondary N) is 1. The molecule has 0 radical (unpaired) electrons. The van der Waals surface area contributed by atoms with Crippen LogP contribution in [0.3, 0.4) is 0 Å². The van der Waals surface area contributed by atoms with E-state index in [1.54, 1.807) is 25.3 Å². The van der Waals surface area contributed by atoms with Gasteiger partial charge in [0.1, 0.15) is 17.2 Å². The van der Waals surface area contributed by atoms with E-state index in [1.165, 1.54) is 4.90 Å². The molecule has 0 saturated heterocycles. The number of nitrogens with zero attached hydrogens (tertiary/aromatic N) is 1. The minimum absolute atomic E-state index is 0.195. The van der Waals surface area contributed by atoms with Gasteiger partial charge in [0.15, 0.2) is 0 Å². The second-order valence-corrected chi connectivity index (χ2v) is 7.71. The summed E-state index contributed by atoms with van der Waals surface area (Å²) in [4.78, 5) is 28.6. The number of anilines is 2. The van der Waals surface area contributed by atoms with Crippen LogP contribution in [-0.2, 0) is 9.59 Å². The van der Waals surface area contributed by atoms with E-state index in [1.807, 2.05) is 68.4 Å². The van der Waals surface area contributed by atoms with Crippen LogP contribution in [0.5, 0.6) is 11.5 Å². The van der Waals surface area contributed by atoms with Crippen LogP contribution >= 0.6 is 0 Å². The predicted octanol–water partition coefficient (Wildman–Crippen LogP) is 5.19. The number of ether oxygens (including phenoxy) is 2. The number of hydrogen-bond acceptors (Lipinski definition) is 5. The zero-order chi connectivity index (χ0) is 23.4. The molecule has 1 aliphatic rings. The highest BCUT2D eigenvalue weighted by Gasteiger charge is 2.41. The van der Waals surface area contributed by atoms with Gasteiger partial charge in [-0.15, -0.1) is 0 Å². The van der Waals surface area contributed by atoms with Gasteiger partial charge in [0.05, 0.1) is 30.7 Å². The molecule has 0 saturated carbocycles. The van der Waals surface area contributed by atoms with Crippen molar-refractivity contribution in [1.82, 2.24) is 0 Å². The number of imide groups is 1. The van der Waals surface area contributed by atoms with Crippen molar-refractivity contribution < 1.29 is 19.1 Å². The minimum Gasteiger partial charge on any atom is -0.495 e. The average Bonchev–Trinajstić information content (AvgIpc) is 3.07. The smallest absolute Gasteiger partial charge is 0.282 e. The van der Waals surface area contributed by atoms with Crippen LogP contribution in [0.25, 0.3) is 5.57 Å². The van der Waals surface area contributed by atoms with Crippen LogP contribution in [-0.4, -0.2) is 25.5 Å². The lowest BCUT2D eigenvalue weighted by Gasteiger charge is -2.19. The molecule has 0 aromatic heterocycles. The Bertz CT molecular complexity index is 1220. The highest BCUT2D eigenvalue weighted by atomic mass is 16.5. The van der Waals surface area contributed by atoms with Gasteiger partial charge in [-0.2, -0.15) is 0 Å². The molecule has 0 fully saturated rings. The average molecular weight is 443 g/mol. The third-order valence-corrected chi connectivity index (χ3v) is 5.33. The molecule has 1 N–H and O–H groups in total. The van der Waals surface area contributed by atoms with E-state index in [4.69, 9.17) is 9.47 Å². The summed E-state index contributed by atoms with van der Waals surface area (Å²) in [6, 6.07) is 21.9. The molecule has 6 nitrogen and oxygen atoms in total. The van der Waals surface area contributed by atoms with Crippen LogP contribution in [0.4, 0.5) is 11.4 Å². The fraction of sp³-hybridized carbons (Fsp3) is 0.185. The summed E-state index contributed by atoms with van der Waals surface area (Å²) in [6.07, 6.45) is 0.809. The Morgan fingerprint density at radius 1 is 0.879 bits per heavy atom. The summed E-state index contributed by atoms with van der Waals surface area (Å²) in [5.41, 5.74) is 3.17. The number of rotatable bonds is 8. The molecule has 2 amide bonds. The number of para-hydroxylation sites is 2. The second kappa shape index (κ2) is 9.61. The van der Waals surface area contributed by atoms with Gasteiger partial charge >= 0.3 is 0 Å². The van der Waals surface area contributed by atoms with Crippen LogP contribution in [0.1, 0.15) is 24.5 Å². The van der Waals surface area contributed by atoms with Crippen LogP contribution in [0, 0.1) is 6.92 Å². The second-order valence-electron chi connectivity index (χ2n) is 7.71. The van der Waals surface area contributed by atoms with Gasteiger partial charge in [-0.05, 0) is 48.7 Å². The molecule has 0 atom stereocenters. The van der Waals surface area contributed by atoms with Crippen LogP contribution < -0.4 is 19.7 Å². The summed E-state index contributed by atoms with van der Waals surface area (Å²) >= 11 is 0. The van der Waals surface area contributed by atoms with E-state index in [-0.39, 0.29) is 5.70 Å². The van der Waals surface area contributed by atoms with Gasteiger partial charge in [0.2, 0.25) is 0 Å². The fourth-order valence-electron chi connectivity index (χ4n) is 3.77. The Hall–Kier alpha value is -4.06. The summed E-state index contributed by atoms with van der Waals surface area (Å²) in [5.74, 6) is 0.205. The summed E-state index contributed by atoms with van der Waals surface area (Å²) in [5, 5.41) is 3.19. The fourth-order valence-corrected chi connectivity index (χ4v) is 3.77. The van der Waals surface area contributed by atoms with Crippen molar-refractivity contribution >= 4 is 28.8 Å². The quantitative estimate of drug-likeness (QED) is 0.487. The number of carbonyl (C=O) groups is 2. The lowest BCUT2D eigenvalue weighted by Crippen LogP contribution is -2.32. The molecule has 6 heteroatoms. The van der Waals surface area contributed by atoms with E-state index in [2.05, 4.69) is 5.32 Å². The van der Waals surface area contributed by atoms with Crippen molar-refractivity contribution in [1.29, 1.82) is 0 Å². The van der Waals surface area contributed by atoms with Gasteiger partial charge < -0.3 is 14.8 Å². The van der Waals surface area contributed by atoms with Crippen molar-refractivity contribution in [2.24, 2.45) is 0 Å². The molecular weight excluding hydrogens is 416 g/mol. The molecule has 0 spiro atoms. The molecule has 1 aliphatic heterocycles. The number of amides is 2. The van der Waals surface area contributed by atoms with Gasteiger partial charge in [-0.25, -0.2) is 4.90 Å². The first-order chi connectivity index (χ1) is 16.0. The molecule has 1 heterocycles. The SMILES string of the molecule is CCCOc1ccccc1N1C(=O)C(Nc2cc(C)ccc2OC)=C(c2ccccc2)C1=O. The van der Waals surface area contributed by atoms with Gasteiger partial charge in [-0.3, -0.25) is 9.59 Å². The summed E-state index contributed by atoms with van der Waals surface area (Å²) in [7, 11) is 1.57. The Morgan fingerprint density at radius 3 is 2.33 bits per heavy atom. The first-order valence-corrected chi connectivity index (χ1v) is 10.9. The van der Waals surface area contributed by atoms with E-state index in [0.29, 0.717) is 40.6 Å². The first-order valence-electron chi connectivity index (χ1n) is 10.9. The maximum absolute atomic E-state index is 13.7. The van der Waals surface area contributed by atoms with E-state index < -0.39 is 11.8 Å². The molecule has 4 rings (SSSR count). The van der Waals surface area contributed by atoms with Crippen LogP contribution in [0.15, 0.2) is 78.5 Å². The van der Waals surface area contributed by atoms with Crippen molar-refractivity contribution in [2.75, 3.05) is 23.9 Å². The molecule has 3 aromatic carbocycles. The number of methoxy groups -OCH3 is 1. The van der Waals surface area contributed by atoms with Crippen molar-refractivity contribution in [3.8, 4) is 11.5 Å². The molecule has 3 aromatic rings. The highest BCUT2D eigenvalue weighted by molar-refractivity contribution is 6.46. The van der Waals surface area contributed by atoms with Crippen molar-refractivity contribution in [3.63, 3.8) is 0 Å². The van der Waals surface area contributed by atoms with Gasteiger partial charge in [0.25, 0.3) is 11.8 Å². The first kappa shape index (κ1) is 22.1. The van der Waals surface area contributed by atoms with Gasteiger partial charge in [-0.1, -0.05) is 55.5 Å². The Labute approximate surface area is 193 Å². The van der Waals surface area contributed by atoms with Crippen LogP contribution in [0.2, 0.25) is 0 Å². The standard InChI is InChI=1S/C27H26N2O4/c1-4-16-33-23-13-9-8-12-21(23)29-26(30)24(19-10-6-5-7-11-19)25(27(29)31)28-20-17-18(2)14-15-22(20)32-3/h5-15,17,28H,4,16H2,1-3H3. The zero-order valence-corrected chi connectivity index (χ0v) is 18.9. The maximum atomic E-state index is 13.7. The molecular formula is C27H26N2O4. The lowest BCUT2D eigenvalue weighted by atomic mass is 10.0. The predicted molar refractivity (Wildman–Crippen MR) is 129 cm³/mol. The Kier molecular flexibility index (Phi) is 6.45. The molecule has 33 heavy (non-hydrogen) atoms. The molecule has 0 bridgehead atoms. The number of carbonyl (C=O) groups excluding carboxylic acids is 2. The lowest BCUT2D eigenvalue weighted by molar-refractivity contribution is -0.120. The molecule has 0 unspecified atom stereocenters. The normalized spacial score (nSPS) is 13.5. The number of aryl methyl sites for hydroxylation is 1. The molecule has 168 valence electrons. The largest absolute Gasteiger partial charge is 0.495 e. The highest BCUT2D eigenvalue weighted by Crippen LogP contribution is 2.39. The minimum atomic E-state index is -0.449. The Balaban J connectivity index is 1.83. The number of benzene rings is 3. The number of hydrogen-bond donors (Lipinski definition) is 1. The third kappa shape index (κ3) is 4.32. The topological polar surface area (TPSA) is 67.9 Å². The van der Waals surface area contributed by atoms with E-state index in [0.717, 1.165) is 12.0 Å². The van der Waals surface area contributed by atoms with E-state index >= 15 is 0 Å². The zero-order valence-electron chi connectivity index (χ0n) is 18.9. The Morgan fingerprint density at radius 2 is 1.61 bits per heavy atom. The van der Waals surface area contributed by atoms with Gasteiger partial charge in [0, 0.05) is 0 Å². The van der Waals surface area contributed by atoms with Crippen molar-refractivity contribution in [3.05, 3.63) is 89.6 Å². The third-order valence-electron chi connectivity index (χ3n) is 5.33. The summed E-state index contributed by atoms with van der Waals surface area (Å²) < 4.78 is 11.3.